The lowest BCUT2D eigenvalue weighted by Gasteiger charge is -2.32. The highest BCUT2D eigenvalue weighted by molar-refractivity contribution is 6.35. The number of nitrogens with zero attached hydrogens (tertiary/aromatic N) is 4. The molecule has 0 atom stereocenters. The highest BCUT2D eigenvalue weighted by Crippen LogP contribution is 2.26. The van der Waals surface area contributed by atoms with E-state index in [2.05, 4.69) is 21.9 Å². The lowest BCUT2D eigenvalue weighted by Crippen LogP contribution is -2.45. The molecule has 8 heteroatoms. The van der Waals surface area contributed by atoms with Crippen LogP contribution < -0.4 is 5.56 Å². The summed E-state index contributed by atoms with van der Waals surface area (Å²) in [6.07, 6.45) is 0. The van der Waals surface area contributed by atoms with Gasteiger partial charge in [-0.25, -0.2) is 9.07 Å². The summed E-state index contributed by atoms with van der Waals surface area (Å²) in [5.41, 5.74) is 3.00. The molecule has 1 aromatic heterocycles. The predicted octanol–water partition coefficient (Wildman–Crippen LogP) is 4.46. The molecular formula is C24H25Cl2FN4O. The van der Waals surface area contributed by atoms with Gasteiger partial charge >= 0.3 is 0 Å². The van der Waals surface area contributed by atoms with Gasteiger partial charge in [0.15, 0.2) is 0 Å². The van der Waals surface area contributed by atoms with E-state index in [0.29, 0.717) is 39.0 Å². The van der Waals surface area contributed by atoms with Crippen molar-refractivity contribution in [1.29, 1.82) is 0 Å². The Bertz CT molecular complexity index is 1170. The fourth-order valence-electron chi connectivity index (χ4n) is 3.84. The van der Waals surface area contributed by atoms with Gasteiger partial charge in [0.2, 0.25) is 0 Å². The summed E-state index contributed by atoms with van der Waals surface area (Å²) in [6.45, 7) is 6.08. The van der Waals surface area contributed by atoms with Crippen molar-refractivity contribution < 1.29 is 4.39 Å². The van der Waals surface area contributed by atoms with Crippen molar-refractivity contribution in [2.45, 2.75) is 20.0 Å². The molecule has 3 aromatic rings. The van der Waals surface area contributed by atoms with Crippen molar-refractivity contribution in [3.63, 3.8) is 0 Å². The van der Waals surface area contributed by atoms with Crippen LogP contribution in [0.5, 0.6) is 0 Å². The standard InChI is InChI=1S/C24H25Cl2FN4O/c1-16-12-17(6-7-22(16)27)23-13-18(14-30-10-8-29(2)9-11-30)24(32)31(28-23)15-19-20(25)4-3-5-21(19)26/h3-7,12-13H,8-11,14-15H2,1-2H3. The number of benzene rings is 2. The predicted molar refractivity (Wildman–Crippen MR) is 127 cm³/mol. The van der Waals surface area contributed by atoms with E-state index in [9.17, 15) is 9.18 Å². The van der Waals surface area contributed by atoms with E-state index in [1.165, 1.54) is 10.7 Å². The van der Waals surface area contributed by atoms with Gasteiger partial charge in [-0.1, -0.05) is 29.3 Å². The van der Waals surface area contributed by atoms with Gasteiger partial charge in [0.05, 0.1) is 12.2 Å². The van der Waals surface area contributed by atoms with Gasteiger partial charge in [-0.3, -0.25) is 9.69 Å². The summed E-state index contributed by atoms with van der Waals surface area (Å²) in [5, 5.41) is 5.56. The lowest BCUT2D eigenvalue weighted by molar-refractivity contribution is 0.147. The summed E-state index contributed by atoms with van der Waals surface area (Å²) in [4.78, 5) is 17.9. The first-order chi connectivity index (χ1) is 15.3. The van der Waals surface area contributed by atoms with Crippen LogP contribution in [0.2, 0.25) is 10.0 Å². The zero-order valence-electron chi connectivity index (χ0n) is 18.1. The fourth-order valence-corrected chi connectivity index (χ4v) is 4.36. The summed E-state index contributed by atoms with van der Waals surface area (Å²) in [5.74, 6) is -0.275. The van der Waals surface area contributed by atoms with Crippen molar-refractivity contribution in [3.05, 3.63) is 85.4 Å². The fraction of sp³-hybridized carbons (Fsp3) is 0.333. The first kappa shape index (κ1) is 22.9. The first-order valence-corrected chi connectivity index (χ1v) is 11.3. The maximum atomic E-state index is 13.8. The third-order valence-electron chi connectivity index (χ3n) is 5.86. The van der Waals surface area contributed by atoms with Crippen LogP contribution in [0.1, 0.15) is 16.7 Å². The number of halogens is 3. The molecule has 2 heterocycles. The van der Waals surface area contributed by atoms with Crippen LogP contribution in [-0.4, -0.2) is 52.8 Å². The van der Waals surface area contributed by atoms with Crippen LogP contribution in [0.25, 0.3) is 11.3 Å². The molecule has 0 aliphatic carbocycles. The van der Waals surface area contributed by atoms with Gasteiger partial charge in [0, 0.05) is 59.5 Å². The molecule has 0 radical (unpaired) electrons. The van der Waals surface area contributed by atoms with Gasteiger partial charge in [-0.2, -0.15) is 5.10 Å². The number of likely N-dealkylation sites (N-methyl/N-ethyl adjacent to an activating group) is 1. The molecule has 5 nitrogen and oxygen atoms in total. The number of piperazine rings is 1. The van der Waals surface area contributed by atoms with E-state index in [-0.39, 0.29) is 17.9 Å². The zero-order valence-corrected chi connectivity index (χ0v) is 19.6. The van der Waals surface area contributed by atoms with Crippen LogP contribution in [-0.2, 0) is 13.1 Å². The highest BCUT2D eigenvalue weighted by Gasteiger charge is 2.19. The van der Waals surface area contributed by atoms with Crippen molar-refractivity contribution in [2.24, 2.45) is 0 Å². The molecule has 2 aromatic carbocycles. The molecule has 4 rings (SSSR count). The molecule has 0 bridgehead atoms. The Morgan fingerprint density at radius 2 is 1.69 bits per heavy atom. The number of aromatic nitrogens is 2. The van der Waals surface area contributed by atoms with E-state index >= 15 is 0 Å². The third kappa shape index (κ3) is 5.04. The van der Waals surface area contributed by atoms with Crippen LogP contribution in [0.3, 0.4) is 0 Å². The van der Waals surface area contributed by atoms with Crippen LogP contribution in [0, 0.1) is 12.7 Å². The highest BCUT2D eigenvalue weighted by atomic mass is 35.5. The average molecular weight is 475 g/mol. The molecule has 0 spiro atoms. The minimum Gasteiger partial charge on any atom is -0.304 e. The van der Waals surface area contributed by atoms with Crippen molar-refractivity contribution in [3.8, 4) is 11.3 Å². The summed E-state index contributed by atoms with van der Waals surface area (Å²) in [7, 11) is 2.10. The Kier molecular flexibility index (Phi) is 6.96. The summed E-state index contributed by atoms with van der Waals surface area (Å²) in [6, 6.07) is 11.9. The van der Waals surface area contributed by atoms with Crippen molar-refractivity contribution in [1.82, 2.24) is 19.6 Å². The van der Waals surface area contributed by atoms with E-state index in [1.54, 1.807) is 37.3 Å². The second-order valence-corrected chi connectivity index (χ2v) is 9.08. The molecule has 0 saturated carbocycles. The van der Waals surface area contributed by atoms with E-state index in [1.807, 2.05) is 6.07 Å². The van der Waals surface area contributed by atoms with Crippen molar-refractivity contribution >= 4 is 23.2 Å². The molecule has 0 unspecified atom stereocenters. The van der Waals surface area contributed by atoms with E-state index in [4.69, 9.17) is 23.2 Å². The normalized spacial score (nSPS) is 15.3. The molecule has 1 aliphatic heterocycles. The van der Waals surface area contributed by atoms with Gasteiger partial charge in [0.1, 0.15) is 5.82 Å². The summed E-state index contributed by atoms with van der Waals surface area (Å²) >= 11 is 12.7. The van der Waals surface area contributed by atoms with Gasteiger partial charge < -0.3 is 4.90 Å². The van der Waals surface area contributed by atoms with E-state index in [0.717, 1.165) is 31.7 Å². The Labute approximate surface area is 197 Å². The molecule has 0 N–H and O–H groups in total. The van der Waals surface area contributed by atoms with E-state index < -0.39 is 0 Å². The number of hydrogen-bond acceptors (Lipinski definition) is 4. The Hall–Kier alpha value is -2.25. The first-order valence-electron chi connectivity index (χ1n) is 10.5. The third-order valence-corrected chi connectivity index (χ3v) is 6.57. The summed E-state index contributed by atoms with van der Waals surface area (Å²) < 4.78 is 15.2. The van der Waals surface area contributed by atoms with Gasteiger partial charge in [0.25, 0.3) is 5.56 Å². The SMILES string of the molecule is Cc1cc(-c2cc(CN3CCN(C)CC3)c(=O)n(Cc3c(Cl)cccc3Cl)n2)ccc1F. The smallest absolute Gasteiger partial charge is 0.271 e. The number of rotatable bonds is 5. The minimum atomic E-state index is -0.275. The Morgan fingerprint density at radius 1 is 1.00 bits per heavy atom. The van der Waals surface area contributed by atoms with Crippen LogP contribution in [0.15, 0.2) is 47.3 Å². The topological polar surface area (TPSA) is 41.4 Å². The largest absolute Gasteiger partial charge is 0.304 e. The molecule has 32 heavy (non-hydrogen) atoms. The number of hydrogen-bond donors (Lipinski definition) is 0. The number of aryl methyl sites for hydroxylation is 1. The maximum absolute atomic E-state index is 13.8. The Balaban J connectivity index is 1.77. The zero-order chi connectivity index (χ0) is 22.8. The van der Waals surface area contributed by atoms with Crippen LogP contribution >= 0.6 is 23.2 Å². The van der Waals surface area contributed by atoms with Crippen molar-refractivity contribution in [2.75, 3.05) is 33.2 Å². The van der Waals surface area contributed by atoms with Gasteiger partial charge in [-0.15, -0.1) is 0 Å². The second kappa shape index (κ2) is 9.71. The molecule has 1 fully saturated rings. The second-order valence-electron chi connectivity index (χ2n) is 8.26. The maximum Gasteiger partial charge on any atom is 0.271 e. The minimum absolute atomic E-state index is 0.154. The molecule has 1 saturated heterocycles. The monoisotopic (exact) mass is 474 g/mol. The Morgan fingerprint density at radius 3 is 2.34 bits per heavy atom. The molecule has 168 valence electrons. The molecular weight excluding hydrogens is 450 g/mol. The molecule has 1 aliphatic rings. The quantitative estimate of drug-likeness (QED) is 0.547. The van der Waals surface area contributed by atoms with Gasteiger partial charge in [-0.05, 0) is 55.9 Å². The molecule has 0 amide bonds. The average Bonchev–Trinajstić information content (AvgIpc) is 2.76. The van der Waals surface area contributed by atoms with Crippen LogP contribution in [0.4, 0.5) is 4.39 Å². The lowest BCUT2D eigenvalue weighted by atomic mass is 10.1.